The Bertz CT molecular complexity index is 732. The molecular weight excluding hydrogens is 317 g/mol. The van der Waals surface area contributed by atoms with Gasteiger partial charge in [0, 0.05) is 17.3 Å². The van der Waals surface area contributed by atoms with E-state index >= 15 is 0 Å². The van der Waals surface area contributed by atoms with Gasteiger partial charge >= 0.3 is 0 Å². The molecule has 0 saturated heterocycles. The van der Waals surface area contributed by atoms with E-state index in [9.17, 15) is 0 Å². The average molecular weight is 324 g/mol. The first-order chi connectivity index (χ1) is 9.72. The van der Waals surface area contributed by atoms with E-state index in [2.05, 4.69) is 20.1 Å². The second kappa shape index (κ2) is 5.78. The third-order valence-corrected chi connectivity index (χ3v) is 3.87. The first-order valence-electron chi connectivity index (χ1n) is 5.56. The molecule has 0 aliphatic rings. The first-order valence-corrected chi connectivity index (χ1v) is 7.13. The van der Waals surface area contributed by atoms with Crippen LogP contribution < -0.4 is 0 Å². The van der Waals surface area contributed by atoms with Crippen LogP contribution in [0.25, 0.3) is 5.95 Å². The van der Waals surface area contributed by atoms with Crippen LogP contribution in [-0.2, 0) is 0 Å². The van der Waals surface area contributed by atoms with E-state index in [4.69, 9.17) is 23.2 Å². The molecule has 1 aromatic carbocycles. The van der Waals surface area contributed by atoms with Crippen molar-refractivity contribution >= 4 is 35.0 Å². The summed E-state index contributed by atoms with van der Waals surface area (Å²) in [5, 5.41) is 5.27. The Balaban J connectivity index is 1.97. The molecule has 0 aliphatic carbocycles. The number of hydrogen-bond acceptors (Lipinski definition) is 5. The Morgan fingerprint density at radius 1 is 1.00 bits per heavy atom. The largest absolute Gasteiger partial charge is 0.255 e. The van der Waals surface area contributed by atoms with Crippen molar-refractivity contribution in [3.63, 3.8) is 0 Å². The van der Waals surface area contributed by atoms with Crippen LogP contribution in [0.4, 0.5) is 0 Å². The first kappa shape index (κ1) is 13.4. The molecule has 100 valence electrons. The van der Waals surface area contributed by atoms with E-state index < -0.39 is 0 Å². The maximum absolute atomic E-state index is 6.11. The fraction of sp³-hybridized carbons (Fsp3) is 0. The van der Waals surface area contributed by atoms with Crippen molar-refractivity contribution in [2.75, 3.05) is 0 Å². The topological polar surface area (TPSA) is 56.5 Å². The van der Waals surface area contributed by atoms with Crippen molar-refractivity contribution in [2.45, 2.75) is 10.1 Å². The average Bonchev–Trinajstić information content (AvgIpc) is 2.95. The predicted molar refractivity (Wildman–Crippen MR) is 77.5 cm³/mol. The van der Waals surface area contributed by atoms with Crippen LogP contribution >= 0.6 is 35.0 Å². The van der Waals surface area contributed by atoms with Crippen molar-refractivity contribution in [2.24, 2.45) is 0 Å². The fourth-order valence-corrected chi connectivity index (χ4v) is 2.71. The second-order valence-electron chi connectivity index (χ2n) is 3.67. The van der Waals surface area contributed by atoms with Gasteiger partial charge in [0.15, 0.2) is 5.16 Å². The molecule has 0 saturated carbocycles. The minimum absolute atomic E-state index is 0.111. The van der Waals surface area contributed by atoms with Gasteiger partial charge < -0.3 is 0 Å². The van der Waals surface area contributed by atoms with E-state index in [1.54, 1.807) is 24.5 Å². The fourth-order valence-electron chi connectivity index (χ4n) is 1.48. The minimum atomic E-state index is 0.111. The molecule has 8 heteroatoms. The summed E-state index contributed by atoms with van der Waals surface area (Å²) in [5.41, 5.74) is 0. The highest BCUT2D eigenvalue weighted by molar-refractivity contribution is 7.99. The zero-order valence-corrected chi connectivity index (χ0v) is 12.3. The Kier molecular flexibility index (Phi) is 3.86. The minimum Gasteiger partial charge on any atom is -0.206 e. The van der Waals surface area contributed by atoms with Crippen LogP contribution in [0.15, 0.2) is 52.8 Å². The zero-order valence-electron chi connectivity index (χ0n) is 9.94. The van der Waals surface area contributed by atoms with Crippen LogP contribution in [0.1, 0.15) is 0 Å². The van der Waals surface area contributed by atoms with Gasteiger partial charge in [-0.3, -0.25) is 0 Å². The number of aromatic nitrogens is 5. The van der Waals surface area contributed by atoms with Crippen molar-refractivity contribution in [3.05, 3.63) is 53.0 Å². The van der Waals surface area contributed by atoms with Gasteiger partial charge in [0.2, 0.25) is 5.28 Å². The van der Waals surface area contributed by atoms with Crippen LogP contribution in [-0.4, -0.2) is 24.7 Å². The molecule has 0 radical (unpaired) electrons. The Labute approximate surface area is 129 Å². The number of halogens is 2. The van der Waals surface area contributed by atoms with Gasteiger partial charge in [0.25, 0.3) is 5.95 Å². The standard InChI is InChI=1S/C12H7Cl2N5S/c13-8-4-1-2-5-9(8)20-12-17-10(14)16-11(18-12)19-7-3-6-15-19/h1-7H. The Morgan fingerprint density at radius 2 is 1.85 bits per heavy atom. The highest BCUT2D eigenvalue weighted by Crippen LogP contribution is 2.31. The number of benzene rings is 1. The molecule has 0 N–H and O–H groups in total. The quantitative estimate of drug-likeness (QED) is 0.738. The van der Waals surface area contributed by atoms with E-state index in [0.29, 0.717) is 16.1 Å². The molecule has 3 rings (SSSR count). The maximum Gasteiger partial charge on any atom is 0.255 e. The monoisotopic (exact) mass is 323 g/mol. The highest BCUT2D eigenvalue weighted by Gasteiger charge is 2.10. The van der Waals surface area contributed by atoms with Gasteiger partial charge in [-0.05, 0) is 41.6 Å². The summed E-state index contributed by atoms with van der Waals surface area (Å²) in [6, 6.07) is 9.23. The second-order valence-corrected chi connectivity index (χ2v) is 5.42. The van der Waals surface area contributed by atoms with Crippen LogP contribution in [0, 0.1) is 0 Å². The van der Waals surface area contributed by atoms with Gasteiger partial charge in [-0.15, -0.1) is 0 Å². The molecule has 2 heterocycles. The molecule has 0 amide bonds. The van der Waals surface area contributed by atoms with E-state index in [1.165, 1.54) is 16.4 Å². The van der Waals surface area contributed by atoms with Crippen molar-refractivity contribution in [3.8, 4) is 5.95 Å². The summed E-state index contributed by atoms with van der Waals surface area (Å²) in [6.07, 6.45) is 3.37. The van der Waals surface area contributed by atoms with Crippen LogP contribution in [0.2, 0.25) is 10.3 Å². The van der Waals surface area contributed by atoms with Crippen molar-refractivity contribution < 1.29 is 0 Å². The molecule has 0 aliphatic heterocycles. The van der Waals surface area contributed by atoms with Crippen molar-refractivity contribution in [1.82, 2.24) is 24.7 Å². The lowest BCUT2D eigenvalue weighted by Gasteiger charge is -2.05. The molecule has 5 nitrogen and oxygen atoms in total. The van der Waals surface area contributed by atoms with E-state index in [-0.39, 0.29) is 5.28 Å². The molecular formula is C12H7Cl2N5S. The van der Waals surface area contributed by atoms with Crippen LogP contribution in [0.5, 0.6) is 0 Å². The SMILES string of the molecule is Clc1nc(Sc2ccccc2Cl)nc(-n2cccn2)n1. The Hall–Kier alpha value is -1.63. The van der Waals surface area contributed by atoms with Gasteiger partial charge in [0.05, 0.1) is 5.02 Å². The zero-order chi connectivity index (χ0) is 13.9. The third kappa shape index (κ3) is 2.92. The van der Waals surface area contributed by atoms with Crippen molar-refractivity contribution in [1.29, 1.82) is 0 Å². The highest BCUT2D eigenvalue weighted by atomic mass is 35.5. The van der Waals surface area contributed by atoms with Gasteiger partial charge in [-0.2, -0.15) is 20.1 Å². The van der Waals surface area contributed by atoms with Gasteiger partial charge in [0.1, 0.15) is 0 Å². The molecule has 0 fully saturated rings. The summed E-state index contributed by atoms with van der Waals surface area (Å²) >= 11 is 13.4. The molecule has 0 bridgehead atoms. The third-order valence-electron chi connectivity index (χ3n) is 2.32. The summed E-state index contributed by atoms with van der Waals surface area (Å²) in [5.74, 6) is 0.365. The number of rotatable bonds is 3. The summed E-state index contributed by atoms with van der Waals surface area (Å²) in [7, 11) is 0. The predicted octanol–water partition coefficient (Wildman–Crippen LogP) is 3.52. The maximum atomic E-state index is 6.11. The normalized spacial score (nSPS) is 10.7. The van der Waals surface area contributed by atoms with E-state index in [1.807, 2.05) is 18.2 Å². The molecule has 0 spiro atoms. The summed E-state index contributed by atoms with van der Waals surface area (Å²) in [4.78, 5) is 13.3. The van der Waals surface area contributed by atoms with Gasteiger partial charge in [-0.25, -0.2) is 4.68 Å². The van der Waals surface area contributed by atoms with Crippen LogP contribution in [0.3, 0.4) is 0 Å². The number of nitrogens with zero attached hydrogens (tertiary/aromatic N) is 5. The molecule has 3 aromatic rings. The molecule has 2 aromatic heterocycles. The lowest BCUT2D eigenvalue weighted by atomic mass is 10.4. The summed E-state index contributed by atoms with van der Waals surface area (Å²) in [6.45, 7) is 0. The smallest absolute Gasteiger partial charge is 0.206 e. The summed E-state index contributed by atoms with van der Waals surface area (Å²) < 4.78 is 1.52. The van der Waals surface area contributed by atoms with Gasteiger partial charge in [-0.1, -0.05) is 23.7 Å². The molecule has 20 heavy (non-hydrogen) atoms. The van der Waals surface area contributed by atoms with E-state index in [0.717, 1.165) is 4.90 Å². The lowest BCUT2D eigenvalue weighted by Crippen LogP contribution is -2.04. The Morgan fingerprint density at radius 3 is 2.60 bits per heavy atom. The molecule has 0 atom stereocenters. The molecule has 0 unspecified atom stereocenters. The lowest BCUT2D eigenvalue weighted by molar-refractivity contribution is 0.759. The number of hydrogen-bond donors (Lipinski definition) is 0.